The van der Waals surface area contributed by atoms with Crippen LogP contribution in [0.15, 0.2) is 18.2 Å². The fourth-order valence-electron chi connectivity index (χ4n) is 2.41. The van der Waals surface area contributed by atoms with Gasteiger partial charge in [0.05, 0.1) is 11.0 Å². The molecule has 0 aliphatic heterocycles. The highest BCUT2D eigenvalue weighted by Crippen LogP contribution is 2.34. The molecule has 104 valence electrons. The molecule has 1 aliphatic carbocycles. The Morgan fingerprint density at radius 1 is 1.26 bits per heavy atom. The van der Waals surface area contributed by atoms with Gasteiger partial charge in [0.25, 0.3) is 0 Å². The number of nitro groups is 1. The molecule has 1 aromatic carbocycles. The molecule has 1 fully saturated rings. The zero-order chi connectivity index (χ0) is 13.8. The van der Waals surface area contributed by atoms with E-state index in [1.165, 1.54) is 0 Å². The van der Waals surface area contributed by atoms with Gasteiger partial charge >= 0.3 is 5.69 Å². The summed E-state index contributed by atoms with van der Waals surface area (Å²) in [6.45, 7) is 0. The number of nitrogens with one attached hydrogen (secondary N) is 2. The molecule has 1 saturated carbocycles. The number of anilines is 2. The Hall–Kier alpha value is -1.86. The topological polar surface area (TPSA) is 113 Å². The van der Waals surface area contributed by atoms with Crippen LogP contribution in [-0.2, 0) is 0 Å². The van der Waals surface area contributed by atoms with Crippen LogP contribution >= 0.6 is 0 Å². The molecule has 5 N–H and O–H groups in total. The lowest BCUT2D eigenvalue weighted by Crippen LogP contribution is -2.28. The van der Waals surface area contributed by atoms with Crippen LogP contribution in [0.5, 0.6) is 0 Å². The largest absolute Gasteiger partial charge is 0.393 e. The van der Waals surface area contributed by atoms with Crippen molar-refractivity contribution in [2.75, 3.05) is 10.7 Å². The third-order valence-electron chi connectivity index (χ3n) is 3.43. The molecule has 7 nitrogen and oxygen atoms in total. The second kappa shape index (κ2) is 5.85. The Kier molecular flexibility index (Phi) is 4.18. The molecular formula is C12H18N4O3. The van der Waals surface area contributed by atoms with Crippen molar-refractivity contribution in [2.45, 2.75) is 37.8 Å². The van der Waals surface area contributed by atoms with Gasteiger partial charge in [0, 0.05) is 6.04 Å². The van der Waals surface area contributed by atoms with E-state index in [0.29, 0.717) is 5.69 Å². The summed E-state index contributed by atoms with van der Waals surface area (Å²) in [4.78, 5) is 10.7. The smallest absolute Gasteiger partial charge is 0.316 e. The molecular weight excluding hydrogens is 248 g/mol. The lowest BCUT2D eigenvalue weighted by atomic mass is 9.93. The first-order valence-electron chi connectivity index (χ1n) is 6.30. The maximum atomic E-state index is 11.1. The molecule has 1 aliphatic rings. The van der Waals surface area contributed by atoms with E-state index in [9.17, 15) is 15.2 Å². The van der Waals surface area contributed by atoms with Crippen LogP contribution in [0.3, 0.4) is 0 Å². The summed E-state index contributed by atoms with van der Waals surface area (Å²) in [5.41, 5.74) is 3.04. The number of nitrogens with two attached hydrogens (primary N) is 1. The van der Waals surface area contributed by atoms with Crippen LogP contribution in [-0.4, -0.2) is 22.2 Å². The molecule has 0 bridgehead atoms. The van der Waals surface area contributed by atoms with E-state index in [4.69, 9.17) is 5.84 Å². The Labute approximate surface area is 110 Å². The van der Waals surface area contributed by atoms with Crippen molar-refractivity contribution in [1.82, 2.24) is 0 Å². The van der Waals surface area contributed by atoms with Crippen LogP contribution < -0.4 is 16.6 Å². The molecule has 7 heteroatoms. The number of rotatable bonds is 4. The Morgan fingerprint density at radius 2 is 1.89 bits per heavy atom. The molecule has 0 amide bonds. The Balaban J connectivity index is 2.17. The number of hydrogen-bond acceptors (Lipinski definition) is 6. The highest BCUT2D eigenvalue weighted by atomic mass is 16.6. The average molecular weight is 266 g/mol. The van der Waals surface area contributed by atoms with E-state index in [1.54, 1.807) is 18.2 Å². The maximum Gasteiger partial charge on any atom is 0.316 e. The summed E-state index contributed by atoms with van der Waals surface area (Å²) in [7, 11) is 0. The molecule has 0 aromatic heterocycles. The van der Waals surface area contributed by atoms with Crippen molar-refractivity contribution in [3.63, 3.8) is 0 Å². The number of aliphatic hydroxyl groups excluding tert-OH is 1. The number of nitrogen functional groups attached to an aromatic ring is 1. The van der Waals surface area contributed by atoms with Gasteiger partial charge in [-0.3, -0.25) is 16.0 Å². The normalized spacial score (nSPS) is 22.8. The number of para-hydroxylation sites is 1. The van der Waals surface area contributed by atoms with E-state index >= 15 is 0 Å². The van der Waals surface area contributed by atoms with Crippen molar-refractivity contribution in [3.8, 4) is 0 Å². The quantitative estimate of drug-likeness (QED) is 0.374. The minimum absolute atomic E-state index is 0.0453. The van der Waals surface area contributed by atoms with E-state index < -0.39 is 4.92 Å². The highest BCUT2D eigenvalue weighted by molar-refractivity contribution is 5.76. The first-order chi connectivity index (χ1) is 9.11. The van der Waals surface area contributed by atoms with Gasteiger partial charge in [0.15, 0.2) is 0 Å². The predicted molar refractivity (Wildman–Crippen MR) is 72.8 cm³/mol. The van der Waals surface area contributed by atoms with Gasteiger partial charge in [0.2, 0.25) is 0 Å². The second-order valence-corrected chi connectivity index (χ2v) is 4.75. The lowest BCUT2D eigenvalue weighted by molar-refractivity contribution is -0.383. The Morgan fingerprint density at radius 3 is 2.47 bits per heavy atom. The third kappa shape index (κ3) is 3.12. The first kappa shape index (κ1) is 13.6. The van der Waals surface area contributed by atoms with Crippen molar-refractivity contribution < 1.29 is 10.0 Å². The van der Waals surface area contributed by atoms with Crippen LogP contribution in [0.25, 0.3) is 0 Å². The Bertz CT molecular complexity index is 458. The SMILES string of the molecule is NNc1cccc(NC2CCC(O)CC2)c1[N+](=O)[O-]. The summed E-state index contributed by atoms with van der Waals surface area (Å²) < 4.78 is 0. The van der Waals surface area contributed by atoms with Gasteiger partial charge in [0.1, 0.15) is 11.4 Å². The number of hydrogen-bond donors (Lipinski definition) is 4. The molecule has 0 radical (unpaired) electrons. The van der Waals surface area contributed by atoms with Crippen LogP contribution in [0.1, 0.15) is 25.7 Å². The summed E-state index contributed by atoms with van der Waals surface area (Å²) >= 11 is 0. The maximum absolute atomic E-state index is 11.1. The molecule has 0 saturated heterocycles. The lowest BCUT2D eigenvalue weighted by Gasteiger charge is -2.27. The molecule has 19 heavy (non-hydrogen) atoms. The number of nitro benzene ring substituents is 1. The van der Waals surface area contributed by atoms with Gasteiger partial charge in [-0.15, -0.1) is 0 Å². The van der Waals surface area contributed by atoms with Crippen LogP contribution in [0.4, 0.5) is 17.1 Å². The van der Waals surface area contributed by atoms with Crippen molar-refractivity contribution in [1.29, 1.82) is 0 Å². The number of benzene rings is 1. The molecule has 0 unspecified atom stereocenters. The second-order valence-electron chi connectivity index (χ2n) is 4.75. The molecule has 2 rings (SSSR count). The summed E-state index contributed by atoms with van der Waals surface area (Å²) in [6.07, 6.45) is 2.81. The standard InChI is InChI=1S/C12H18N4O3/c13-15-11-3-1-2-10(12(11)16(18)19)14-8-4-6-9(17)7-5-8/h1-3,8-9,14-15,17H,4-7,13H2. The van der Waals surface area contributed by atoms with Crippen molar-refractivity contribution in [3.05, 3.63) is 28.3 Å². The fraction of sp³-hybridized carbons (Fsp3) is 0.500. The van der Waals surface area contributed by atoms with Crippen molar-refractivity contribution >= 4 is 17.1 Å². The van der Waals surface area contributed by atoms with Crippen molar-refractivity contribution in [2.24, 2.45) is 5.84 Å². The van der Waals surface area contributed by atoms with Crippen LogP contribution in [0, 0.1) is 10.1 Å². The zero-order valence-corrected chi connectivity index (χ0v) is 10.5. The van der Waals surface area contributed by atoms with E-state index in [1.807, 2.05) is 0 Å². The summed E-state index contributed by atoms with van der Waals surface area (Å²) in [5.74, 6) is 5.29. The van der Waals surface area contributed by atoms with Gasteiger partial charge in [-0.2, -0.15) is 0 Å². The average Bonchev–Trinajstić information content (AvgIpc) is 2.40. The predicted octanol–water partition coefficient (Wildman–Crippen LogP) is 1.60. The van der Waals surface area contributed by atoms with Gasteiger partial charge in [-0.25, -0.2) is 0 Å². The van der Waals surface area contributed by atoms with E-state index in [0.717, 1.165) is 25.7 Å². The number of hydrazine groups is 1. The van der Waals surface area contributed by atoms with E-state index in [2.05, 4.69) is 10.7 Å². The van der Waals surface area contributed by atoms with Gasteiger partial charge < -0.3 is 15.8 Å². The summed E-state index contributed by atoms with van der Waals surface area (Å²) in [5, 5.41) is 23.8. The van der Waals surface area contributed by atoms with Crippen LogP contribution in [0.2, 0.25) is 0 Å². The first-order valence-corrected chi connectivity index (χ1v) is 6.30. The molecule has 0 spiro atoms. The number of aliphatic hydroxyl groups is 1. The van der Waals surface area contributed by atoms with Gasteiger partial charge in [-0.1, -0.05) is 6.07 Å². The molecule has 0 heterocycles. The summed E-state index contributed by atoms with van der Waals surface area (Å²) in [6, 6.07) is 5.09. The minimum atomic E-state index is -0.449. The fourth-order valence-corrected chi connectivity index (χ4v) is 2.41. The minimum Gasteiger partial charge on any atom is -0.393 e. The number of nitrogens with zero attached hydrogens (tertiary/aromatic N) is 1. The van der Waals surface area contributed by atoms with Gasteiger partial charge in [-0.05, 0) is 37.8 Å². The van der Waals surface area contributed by atoms with E-state index in [-0.39, 0.29) is 23.5 Å². The molecule has 0 atom stereocenters. The molecule has 1 aromatic rings. The third-order valence-corrected chi connectivity index (χ3v) is 3.43. The highest BCUT2D eigenvalue weighted by Gasteiger charge is 2.24. The zero-order valence-electron chi connectivity index (χ0n) is 10.5. The monoisotopic (exact) mass is 266 g/mol.